The monoisotopic (exact) mass is 236 g/mol. The summed E-state index contributed by atoms with van der Waals surface area (Å²) in [4.78, 5) is 0. The van der Waals surface area contributed by atoms with Crippen LogP contribution in [0.25, 0.3) is 0 Å². The average molecular weight is 236 g/mol. The van der Waals surface area contributed by atoms with Crippen molar-refractivity contribution in [3.05, 3.63) is 12.7 Å². The van der Waals surface area contributed by atoms with Gasteiger partial charge in [0.25, 0.3) is 0 Å². The Bertz CT molecular complexity index is 220. The van der Waals surface area contributed by atoms with E-state index < -0.39 is 0 Å². The third-order valence-electron chi connectivity index (χ3n) is 4.90. The van der Waals surface area contributed by atoms with E-state index in [1.807, 2.05) is 6.08 Å². The van der Waals surface area contributed by atoms with Crippen molar-refractivity contribution in [1.29, 1.82) is 0 Å². The van der Waals surface area contributed by atoms with Crippen LogP contribution in [0.2, 0.25) is 0 Å². The van der Waals surface area contributed by atoms with E-state index in [0.717, 1.165) is 24.4 Å². The number of ether oxygens (including phenoxy) is 1. The highest BCUT2D eigenvalue weighted by Crippen LogP contribution is 2.40. The fraction of sp³-hybridized carbons (Fsp3) is 0.875. The van der Waals surface area contributed by atoms with Gasteiger partial charge in [0.05, 0.1) is 12.7 Å². The molecule has 2 rings (SSSR count). The molecule has 0 N–H and O–H groups in total. The smallest absolute Gasteiger partial charge is 0.0648 e. The van der Waals surface area contributed by atoms with Crippen LogP contribution in [0.15, 0.2) is 12.7 Å². The van der Waals surface area contributed by atoms with E-state index in [1.165, 1.54) is 51.4 Å². The average Bonchev–Trinajstić information content (AvgIpc) is 2.38. The molecule has 1 nitrogen and oxygen atoms in total. The van der Waals surface area contributed by atoms with E-state index >= 15 is 0 Å². The summed E-state index contributed by atoms with van der Waals surface area (Å²) in [5, 5.41) is 0. The SMILES string of the molecule is C=CCOC1CCC(C2CCC(C)CC2)CC1. The molecule has 0 saturated heterocycles. The molecule has 0 radical (unpaired) electrons. The van der Waals surface area contributed by atoms with E-state index in [1.54, 1.807) is 0 Å². The first kappa shape index (κ1) is 13.1. The molecule has 0 aromatic heterocycles. The minimum atomic E-state index is 0.520. The zero-order chi connectivity index (χ0) is 12.1. The van der Waals surface area contributed by atoms with Crippen LogP contribution in [0.5, 0.6) is 0 Å². The van der Waals surface area contributed by atoms with Crippen LogP contribution in [0.1, 0.15) is 58.3 Å². The Kier molecular flexibility index (Phi) is 5.09. The Morgan fingerprint density at radius 2 is 1.47 bits per heavy atom. The maximum Gasteiger partial charge on any atom is 0.0648 e. The lowest BCUT2D eigenvalue weighted by molar-refractivity contribution is 0.0216. The highest BCUT2D eigenvalue weighted by Gasteiger charge is 2.29. The van der Waals surface area contributed by atoms with Crippen molar-refractivity contribution in [2.45, 2.75) is 64.4 Å². The van der Waals surface area contributed by atoms with Gasteiger partial charge < -0.3 is 4.74 Å². The van der Waals surface area contributed by atoms with Gasteiger partial charge in [-0.15, -0.1) is 6.58 Å². The molecule has 2 fully saturated rings. The van der Waals surface area contributed by atoms with Crippen LogP contribution in [0, 0.1) is 17.8 Å². The van der Waals surface area contributed by atoms with Crippen molar-refractivity contribution in [2.75, 3.05) is 6.61 Å². The second-order valence-corrected chi connectivity index (χ2v) is 6.18. The number of hydrogen-bond donors (Lipinski definition) is 0. The van der Waals surface area contributed by atoms with Crippen molar-refractivity contribution in [3.63, 3.8) is 0 Å². The van der Waals surface area contributed by atoms with Crippen molar-refractivity contribution in [2.24, 2.45) is 17.8 Å². The summed E-state index contributed by atoms with van der Waals surface area (Å²) in [7, 11) is 0. The summed E-state index contributed by atoms with van der Waals surface area (Å²) < 4.78 is 5.77. The molecular weight excluding hydrogens is 208 g/mol. The molecule has 2 aliphatic rings. The van der Waals surface area contributed by atoms with Gasteiger partial charge >= 0.3 is 0 Å². The van der Waals surface area contributed by atoms with Gasteiger partial charge in [-0.3, -0.25) is 0 Å². The molecule has 0 heterocycles. The van der Waals surface area contributed by atoms with Gasteiger partial charge in [-0.2, -0.15) is 0 Å². The lowest BCUT2D eigenvalue weighted by atomic mass is 9.71. The Morgan fingerprint density at radius 1 is 0.941 bits per heavy atom. The molecule has 2 aliphatic carbocycles. The zero-order valence-corrected chi connectivity index (χ0v) is 11.4. The molecular formula is C16H28O. The lowest BCUT2D eigenvalue weighted by Gasteiger charge is -2.37. The fourth-order valence-corrected chi connectivity index (χ4v) is 3.69. The summed E-state index contributed by atoms with van der Waals surface area (Å²) in [5.74, 6) is 3.02. The molecule has 17 heavy (non-hydrogen) atoms. The molecule has 0 amide bonds. The molecule has 0 aromatic carbocycles. The van der Waals surface area contributed by atoms with Gasteiger partial charge in [0, 0.05) is 0 Å². The lowest BCUT2D eigenvalue weighted by Crippen LogP contribution is -2.28. The molecule has 1 heteroatoms. The second kappa shape index (κ2) is 6.58. The summed E-state index contributed by atoms with van der Waals surface area (Å²) >= 11 is 0. The van der Waals surface area contributed by atoms with Crippen molar-refractivity contribution >= 4 is 0 Å². The minimum absolute atomic E-state index is 0.520. The molecule has 0 spiro atoms. The minimum Gasteiger partial charge on any atom is -0.374 e. The van der Waals surface area contributed by atoms with Gasteiger partial charge in [0.1, 0.15) is 0 Å². The van der Waals surface area contributed by atoms with Gasteiger partial charge in [-0.05, 0) is 56.3 Å². The van der Waals surface area contributed by atoms with Crippen molar-refractivity contribution < 1.29 is 4.74 Å². The Balaban J connectivity index is 1.69. The van der Waals surface area contributed by atoms with Gasteiger partial charge in [-0.1, -0.05) is 25.8 Å². The first-order valence-electron chi connectivity index (χ1n) is 7.52. The Hall–Kier alpha value is -0.300. The topological polar surface area (TPSA) is 9.23 Å². The Labute approximate surface area is 107 Å². The maximum atomic E-state index is 5.77. The number of rotatable bonds is 4. The normalized spacial score (nSPS) is 38.9. The van der Waals surface area contributed by atoms with E-state index in [0.29, 0.717) is 6.10 Å². The Morgan fingerprint density at radius 3 is 2.00 bits per heavy atom. The van der Waals surface area contributed by atoms with E-state index in [-0.39, 0.29) is 0 Å². The van der Waals surface area contributed by atoms with Crippen LogP contribution >= 0.6 is 0 Å². The molecule has 98 valence electrons. The zero-order valence-electron chi connectivity index (χ0n) is 11.4. The van der Waals surface area contributed by atoms with Gasteiger partial charge in [0.2, 0.25) is 0 Å². The molecule has 0 aromatic rings. The third kappa shape index (κ3) is 3.84. The molecule has 2 saturated carbocycles. The van der Waals surface area contributed by atoms with Crippen LogP contribution in [-0.4, -0.2) is 12.7 Å². The van der Waals surface area contributed by atoms with Gasteiger partial charge in [-0.25, -0.2) is 0 Å². The second-order valence-electron chi connectivity index (χ2n) is 6.18. The van der Waals surface area contributed by atoms with E-state index in [9.17, 15) is 0 Å². The molecule has 0 atom stereocenters. The van der Waals surface area contributed by atoms with Crippen LogP contribution < -0.4 is 0 Å². The maximum absolute atomic E-state index is 5.77. The molecule has 0 unspecified atom stereocenters. The van der Waals surface area contributed by atoms with Crippen LogP contribution in [0.3, 0.4) is 0 Å². The highest BCUT2D eigenvalue weighted by atomic mass is 16.5. The van der Waals surface area contributed by atoms with E-state index in [2.05, 4.69) is 13.5 Å². The number of hydrogen-bond acceptors (Lipinski definition) is 1. The van der Waals surface area contributed by atoms with Gasteiger partial charge in [0.15, 0.2) is 0 Å². The largest absolute Gasteiger partial charge is 0.374 e. The van der Waals surface area contributed by atoms with Crippen molar-refractivity contribution in [1.82, 2.24) is 0 Å². The predicted octanol–water partition coefficient (Wildman–Crippen LogP) is 4.57. The first-order valence-corrected chi connectivity index (χ1v) is 7.52. The van der Waals surface area contributed by atoms with E-state index in [4.69, 9.17) is 4.74 Å². The van der Waals surface area contributed by atoms with Crippen molar-refractivity contribution in [3.8, 4) is 0 Å². The standard InChI is InChI=1S/C16H28O/c1-3-12-17-16-10-8-15(9-11-16)14-6-4-13(2)5-7-14/h3,13-16H,1,4-12H2,2H3. The van der Waals surface area contributed by atoms with Crippen LogP contribution in [-0.2, 0) is 4.74 Å². The summed E-state index contributed by atoms with van der Waals surface area (Å²) in [6, 6.07) is 0. The summed E-state index contributed by atoms with van der Waals surface area (Å²) in [5.41, 5.74) is 0. The predicted molar refractivity (Wildman–Crippen MR) is 73.0 cm³/mol. The third-order valence-corrected chi connectivity index (χ3v) is 4.90. The first-order chi connectivity index (χ1) is 8.29. The van der Waals surface area contributed by atoms with Crippen LogP contribution in [0.4, 0.5) is 0 Å². The summed E-state index contributed by atoms with van der Waals surface area (Å²) in [6.07, 6.45) is 13.7. The quantitative estimate of drug-likeness (QED) is 0.649. The molecule has 0 bridgehead atoms. The molecule has 0 aliphatic heterocycles. The highest BCUT2D eigenvalue weighted by molar-refractivity contribution is 4.82. The fourth-order valence-electron chi connectivity index (χ4n) is 3.69. The summed E-state index contributed by atoms with van der Waals surface area (Å²) in [6.45, 7) is 6.86.